The lowest BCUT2D eigenvalue weighted by Crippen LogP contribution is -2.37. The first-order valence-corrected chi connectivity index (χ1v) is 9.88. The minimum Gasteiger partial charge on any atom is -0.480 e. The molecule has 10 heteroatoms. The average molecular weight is 385 g/mol. The summed E-state index contributed by atoms with van der Waals surface area (Å²) in [6.45, 7) is 3.46. The van der Waals surface area contributed by atoms with E-state index in [0.29, 0.717) is 5.92 Å². The number of carboxylic acid groups (broad SMARTS) is 1. The van der Waals surface area contributed by atoms with Crippen LogP contribution in [0.3, 0.4) is 0 Å². The summed E-state index contributed by atoms with van der Waals surface area (Å²) in [6.07, 6.45) is 3.34. The minimum atomic E-state index is -3.89. The molecule has 0 aromatic heterocycles. The number of anilines is 1. The van der Waals surface area contributed by atoms with Crippen LogP contribution in [-0.2, 0) is 14.8 Å². The summed E-state index contributed by atoms with van der Waals surface area (Å²) in [5.41, 5.74) is -0.534. The Morgan fingerprint density at radius 1 is 1.31 bits per heavy atom. The van der Waals surface area contributed by atoms with Crippen molar-refractivity contribution in [2.24, 2.45) is 5.92 Å². The van der Waals surface area contributed by atoms with Gasteiger partial charge < -0.3 is 10.4 Å². The van der Waals surface area contributed by atoms with Crippen LogP contribution in [-0.4, -0.2) is 36.5 Å². The SMILES string of the molecule is CC1CCC(NS(=O)(=O)c2ccc(N[C@H](C)C(=O)O)c([N+](=O)[O-])c2)CC1. The Hall–Kier alpha value is -2.20. The van der Waals surface area contributed by atoms with Gasteiger partial charge >= 0.3 is 5.97 Å². The van der Waals surface area contributed by atoms with Gasteiger partial charge in [-0.25, -0.2) is 13.1 Å². The van der Waals surface area contributed by atoms with Crippen LogP contribution in [0, 0.1) is 16.0 Å². The lowest BCUT2D eigenvalue weighted by atomic mass is 9.88. The van der Waals surface area contributed by atoms with Crippen molar-refractivity contribution >= 4 is 27.4 Å². The van der Waals surface area contributed by atoms with Gasteiger partial charge in [-0.3, -0.25) is 14.9 Å². The van der Waals surface area contributed by atoms with Crippen molar-refractivity contribution in [2.45, 2.75) is 56.5 Å². The molecule has 26 heavy (non-hydrogen) atoms. The van der Waals surface area contributed by atoms with Crippen molar-refractivity contribution < 1.29 is 23.2 Å². The summed E-state index contributed by atoms with van der Waals surface area (Å²) >= 11 is 0. The summed E-state index contributed by atoms with van der Waals surface area (Å²) < 4.78 is 27.7. The van der Waals surface area contributed by atoms with Crippen molar-refractivity contribution in [2.75, 3.05) is 5.32 Å². The molecule has 0 bridgehead atoms. The number of benzene rings is 1. The fraction of sp³-hybridized carbons (Fsp3) is 0.562. The molecule has 1 aromatic carbocycles. The van der Waals surface area contributed by atoms with Crippen LogP contribution in [0.1, 0.15) is 39.5 Å². The molecule has 0 aliphatic heterocycles. The normalized spacial score (nSPS) is 21.8. The first kappa shape index (κ1) is 20.1. The maximum Gasteiger partial charge on any atom is 0.325 e. The lowest BCUT2D eigenvalue weighted by Gasteiger charge is -2.26. The molecule has 1 saturated carbocycles. The van der Waals surface area contributed by atoms with Crippen LogP contribution < -0.4 is 10.0 Å². The van der Waals surface area contributed by atoms with Gasteiger partial charge in [0.05, 0.1) is 9.82 Å². The van der Waals surface area contributed by atoms with Gasteiger partial charge in [-0.15, -0.1) is 0 Å². The number of nitrogens with one attached hydrogen (secondary N) is 2. The third kappa shape index (κ3) is 4.92. The quantitative estimate of drug-likeness (QED) is 0.483. The van der Waals surface area contributed by atoms with Crippen molar-refractivity contribution in [3.63, 3.8) is 0 Å². The number of carboxylic acids is 1. The monoisotopic (exact) mass is 385 g/mol. The molecule has 1 aliphatic rings. The fourth-order valence-corrected chi connectivity index (χ4v) is 4.24. The maximum atomic E-state index is 12.6. The van der Waals surface area contributed by atoms with E-state index >= 15 is 0 Å². The number of sulfonamides is 1. The minimum absolute atomic E-state index is 0.0460. The van der Waals surface area contributed by atoms with Gasteiger partial charge in [0.1, 0.15) is 11.7 Å². The summed E-state index contributed by atoms with van der Waals surface area (Å²) in [7, 11) is -3.89. The van der Waals surface area contributed by atoms with Gasteiger partial charge in [-0.05, 0) is 50.7 Å². The van der Waals surface area contributed by atoms with E-state index in [1.807, 2.05) is 0 Å². The van der Waals surface area contributed by atoms with E-state index in [2.05, 4.69) is 17.0 Å². The number of aliphatic carboxylic acids is 1. The van der Waals surface area contributed by atoms with Crippen LogP contribution >= 0.6 is 0 Å². The Labute approximate surface area is 152 Å². The fourth-order valence-electron chi connectivity index (χ4n) is 2.91. The summed E-state index contributed by atoms with van der Waals surface area (Å²) in [5.74, 6) is -0.609. The van der Waals surface area contributed by atoms with Gasteiger partial charge in [-0.1, -0.05) is 6.92 Å². The Kier molecular flexibility index (Phi) is 6.19. The van der Waals surface area contributed by atoms with E-state index in [9.17, 15) is 23.3 Å². The molecule has 0 heterocycles. The van der Waals surface area contributed by atoms with Crippen LogP contribution in [0.5, 0.6) is 0 Å². The highest BCUT2D eigenvalue weighted by atomic mass is 32.2. The number of hydrogen-bond donors (Lipinski definition) is 3. The highest BCUT2D eigenvalue weighted by molar-refractivity contribution is 7.89. The third-order valence-electron chi connectivity index (χ3n) is 4.56. The van der Waals surface area contributed by atoms with Gasteiger partial charge in [-0.2, -0.15) is 0 Å². The Morgan fingerprint density at radius 3 is 2.46 bits per heavy atom. The van der Waals surface area contributed by atoms with Crippen molar-refractivity contribution in [1.82, 2.24) is 4.72 Å². The smallest absolute Gasteiger partial charge is 0.325 e. The molecule has 0 saturated heterocycles. The molecule has 3 N–H and O–H groups in total. The summed E-state index contributed by atoms with van der Waals surface area (Å²) in [5, 5.41) is 22.7. The van der Waals surface area contributed by atoms with E-state index in [1.54, 1.807) is 0 Å². The van der Waals surface area contributed by atoms with Gasteiger partial charge in [0.15, 0.2) is 0 Å². The molecule has 9 nitrogen and oxygen atoms in total. The summed E-state index contributed by atoms with van der Waals surface area (Å²) in [4.78, 5) is 21.2. The molecule has 0 radical (unpaired) electrons. The number of nitrogens with zero attached hydrogens (tertiary/aromatic N) is 1. The van der Waals surface area contributed by atoms with E-state index in [0.717, 1.165) is 31.7 Å². The molecule has 144 valence electrons. The van der Waals surface area contributed by atoms with Crippen LogP contribution in [0.2, 0.25) is 0 Å². The molecule has 0 amide bonds. The molecule has 1 atom stereocenters. The maximum absolute atomic E-state index is 12.6. The van der Waals surface area contributed by atoms with Gasteiger partial charge in [0, 0.05) is 12.1 Å². The molecule has 1 aromatic rings. The molecular weight excluding hydrogens is 362 g/mol. The number of nitro groups is 1. The van der Waals surface area contributed by atoms with Gasteiger partial charge in [0.2, 0.25) is 10.0 Å². The first-order valence-electron chi connectivity index (χ1n) is 8.40. The third-order valence-corrected chi connectivity index (χ3v) is 6.07. The molecular formula is C16H23N3O6S. The van der Waals surface area contributed by atoms with E-state index in [1.165, 1.54) is 19.1 Å². The van der Waals surface area contributed by atoms with Crippen LogP contribution in [0.4, 0.5) is 11.4 Å². The zero-order chi connectivity index (χ0) is 19.5. The predicted octanol–water partition coefficient (Wildman–Crippen LogP) is 2.34. The Balaban J connectivity index is 2.24. The number of rotatable bonds is 7. The van der Waals surface area contributed by atoms with E-state index < -0.39 is 32.6 Å². The van der Waals surface area contributed by atoms with Crippen molar-refractivity contribution in [1.29, 1.82) is 0 Å². The van der Waals surface area contributed by atoms with Crippen LogP contribution in [0.25, 0.3) is 0 Å². The average Bonchev–Trinajstić information content (AvgIpc) is 2.56. The lowest BCUT2D eigenvalue weighted by molar-refractivity contribution is -0.384. The van der Waals surface area contributed by atoms with Crippen molar-refractivity contribution in [3.8, 4) is 0 Å². The number of nitro benzene ring substituents is 1. The Bertz CT molecular complexity index is 787. The molecule has 0 unspecified atom stereocenters. The molecule has 1 aliphatic carbocycles. The standard InChI is InChI=1S/C16H23N3O6S/c1-10-3-5-12(6-4-10)18-26(24,25)13-7-8-14(15(9-13)19(22)23)17-11(2)16(20)21/h7-12,17-18H,3-6H2,1-2H3,(H,20,21)/t10?,11-,12?/m1/s1. The highest BCUT2D eigenvalue weighted by Crippen LogP contribution is 2.29. The molecule has 2 rings (SSSR count). The van der Waals surface area contributed by atoms with Crippen molar-refractivity contribution in [3.05, 3.63) is 28.3 Å². The largest absolute Gasteiger partial charge is 0.480 e. The second-order valence-electron chi connectivity index (χ2n) is 6.72. The zero-order valence-electron chi connectivity index (χ0n) is 14.6. The topological polar surface area (TPSA) is 139 Å². The van der Waals surface area contributed by atoms with Gasteiger partial charge in [0.25, 0.3) is 5.69 Å². The second-order valence-corrected chi connectivity index (χ2v) is 8.43. The highest BCUT2D eigenvalue weighted by Gasteiger charge is 2.27. The second kappa shape index (κ2) is 8.00. The van der Waals surface area contributed by atoms with E-state index in [-0.39, 0.29) is 16.6 Å². The zero-order valence-corrected chi connectivity index (χ0v) is 15.5. The molecule has 1 fully saturated rings. The first-order chi connectivity index (χ1) is 12.1. The van der Waals surface area contributed by atoms with Crippen LogP contribution in [0.15, 0.2) is 23.1 Å². The number of hydrogen-bond acceptors (Lipinski definition) is 6. The Morgan fingerprint density at radius 2 is 1.92 bits per heavy atom. The predicted molar refractivity (Wildman–Crippen MR) is 95.6 cm³/mol. The van der Waals surface area contributed by atoms with E-state index in [4.69, 9.17) is 5.11 Å². The summed E-state index contributed by atoms with van der Waals surface area (Å²) in [6, 6.07) is 2.16. The number of carbonyl (C=O) groups is 1. The molecule has 0 spiro atoms.